The molecule has 3 nitrogen and oxygen atoms in total. The van der Waals surface area contributed by atoms with Crippen LogP contribution in [0.3, 0.4) is 0 Å². The number of aromatic nitrogens is 2. The Morgan fingerprint density at radius 1 is 1.57 bits per heavy atom. The zero-order valence-electron chi connectivity index (χ0n) is 7.86. The Labute approximate surface area is 91.0 Å². The molecule has 0 spiro atoms. The van der Waals surface area contributed by atoms with Gasteiger partial charge in [-0.1, -0.05) is 0 Å². The first kappa shape index (κ1) is 9.73. The van der Waals surface area contributed by atoms with Crippen molar-refractivity contribution >= 4 is 39.3 Å². The van der Waals surface area contributed by atoms with Crippen molar-refractivity contribution < 1.29 is 0 Å². The highest BCUT2D eigenvalue weighted by Crippen LogP contribution is 2.18. The van der Waals surface area contributed by atoms with Crippen LogP contribution in [-0.2, 0) is 0 Å². The molecule has 0 unspecified atom stereocenters. The smallest absolute Gasteiger partial charge is 0.224 e. The monoisotopic (exact) mass is 225 g/mol. The Morgan fingerprint density at radius 2 is 2.50 bits per heavy atom. The van der Waals surface area contributed by atoms with Crippen molar-refractivity contribution in [1.82, 2.24) is 9.97 Å². The third-order valence-electron chi connectivity index (χ3n) is 1.80. The third kappa shape index (κ3) is 2.16. The molecular formula is C9H11N3S2. The van der Waals surface area contributed by atoms with E-state index in [4.69, 9.17) is 0 Å². The predicted octanol–water partition coefficient (Wildman–Crippen LogP) is 2.47. The first-order valence-corrected chi connectivity index (χ1v) is 6.60. The van der Waals surface area contributed by atoms with Crippen LogP contribution in [0.4, 0.5) is 5.95 Å². The van der Waals surface area contributed by atoms with E-state index >= 15 is 0 Å². The van der Waals surface area contributed by atoms with Crippen LogP contribution in [0.1, 0.15) is 0 Å². The van der Waals surface area contributed by atoms with Gasteiger partial charge in [0.1, 0.15) is 4.83 Å². The SMILES string of the molecule is CSCCNc1ncc2ccsc2n1. The van der Waals surface area contributed by atoms with Crippen LogP contribution < -0.4 is 5.32 Å². The van der Waals surface area contributed by atoms with Crippen molar-refractivity contribution in [2.75, 3.05) is 23.9 Å². The largest absolute Gasteiger partial charge is 0.353 e. The van der Waals surface area contributed by atoms with Crippen LogP contribution >= 0.6 is 23.1 Å². The number of hydrogen-bond donors (Lipinski definition) is 1. The standard InChI is InChI=1S/C9H11N3S2/c1-13-5-3-10-9-11-6-7-2-4-14-8(7)12-9/h2,4,6H,3,5H2,1H3,(H,10,11,12). The zero-order valence-corrected chi connectivity index (χ0v) is 9.49. The summed E-state index contributed by atoms with van der Waals surface area (Å²) in [7, 11) is 0. The van der Waals surface area contributed by atoms with Crippen LogP contribution in [0.15, 0.2) is 17.6 Å². The summed E-state index contributed by atoms with van der Waals surface area (Å²) >= 11 is 3.46. The predicted molar refractivity (Wildman–Crippen MR) is 64.3 cm³/mol. The van der Waals surface area contributed by atoms with Crippen LogP contribution in [0, 0.1) is 0 Å². The first-order valence-electron chi connectivity index (χ1n) is 4.33. The molecule has 0 saturated carbocycles. The molecular weight excluding hydrogens is 214 g/mol. The number of fused-ring (bicyclic) bond motifs is 1. The molecule has 2 aromatic rings. The van der Waals surface area contributed by atoms with Crippen molar-refractivity contribution in [3.05, 3.63) is 17.6 Å². The molecule has 5 heteroatoms. The van der Waals surface area contributed by atoms with Gasteiger partial charge in [-0.25, -0.2) is 9.97 Å². The van der Waals surface area contributed by atoms with E-state index < -0.39 is 0 Å². The highest BCUT2D eigenvalue weighted by Gasteiger charge is 1.99. The molecule has 0 fully saturated rings. The van der Waals surface area contributed by atoms with Gasteiger partial charge in [0.15, 0.2) is 0 Å². The van der Waals surface area contributed by atoms with Gasteiger partial charge in [-0.15, -0.1) is 11.3 Å². The summed E-state index contributed by atoms with van der Waals surface area (Å²) in [6, 6.07) is 2.03. The summed E-state index contributed by atoms with van der Waals surface area (Å²) in [6.07, 6.45) is 3.95. The van der Waals surface area contributed by atoms with Gasteiger partial charge < -0.3 is 5.32 Å². The number of thiophene rings is 1. The maximum absolute atomic E-state index is 4.39. The molecule has 0 aliphatic heterocycles. The fraction of sp³-hybridized carbons (Fsp3) is 0.333. The van der Waals surface area contributed by atoms with Crippen molar-refractivity contribution in [3.63, 3.8) is 0 Å². The van der Waals surface area contributed by atoms with Crippen molar-refractivity contribution in [3.8, 4) is 0 Å². The Morgan fingerprint density at radius 3 is 3.36 bits per heavy atom. The van der Waals surface area contributed by atoms with Crippen LogP contribution in [0.5, 0.6) is 0 Å². The molecule has 0 amide bonds. The minimum Gasteiger partial charge on any atom is -0.353 e. The molecule has 0 saturated heterocycles. The van der Waals surface area contributed by atoms with Crippen molar-refractivity contribution in [1.29, 1.82) is 0 Å². The highest BCUT2D eigenvalue weighted by molar-refractivity contribution is 7.98. The molecule has 0 atom stereocenters. The Balaban J connectivity index is 2.10. The summed E-state index contributed by atoms with van der Waals surface area (Å²) in [5, 5.41) is 6.34. The second-order valence-corrected chi connectivity index (χ2v) is 4.67. The van der Waals surface area contributed by atoms with Crippen LogP contribution in [0.25, 0.3) is 10.2 Å². The fourth-order valence-electron chi connectivity index (χ4n) is 1.11. The number of anilines is 1. The number of thioether (sulfide) groups is 1. The van der Waals surface area contributed by atoms with Crippen molar-refractivity contribution in [2.45, 2.75) is 0 Å². The minimum atomic E-state index is 0.731. The zero-order chi connectivity index (χ0) is 9.80. The van der Waals surface area contributed by atoms with E-state index in [9.17, 15) is 0 Å². The van der Waals surface area contributed by atoms with E-state index in [1.165, 1.54) is 0 Å². The Kier molecular flexibility index (Phi) is 3.21. The maximum Gasteiger partial charge on any atom is 0.224 e. The van der Waals surface area contributed by atoms with E-state index in [0.29, 0.717) is 0 Å². The number of hydrogen-bond acceptors (Lipinski definition) is 5. The van der Waals surface area contributed by atoms with Gasteiger partial charge in [0, 0.05) is 23.9 Å². The molecule has 1 N–H and O–H groups in total. The minimum absolute atomic E-state index is 0.731. The number of nitrogens with zero attached hydrogens (tertiary/aromatic N) is 2. The molecule has 0 aromatic carbocycles. The maximum atomic E-state index is 4.39. The molecule has 0 aliphatic rings. The molecule has 2 rings (SSSR count). The lowest BCUT2D eigenvalue weighted by Crippen LogP contribution is -2.06. The third-order valence-corrected chi connectivity index (χ3v) is 3.23. The second-order valence-electron chi connectivity index (χ2n) is 2.79. The lowest BCUT2D eigenvalue weighted by molar-refractivity contribution is 1.12. The Bertz CT molecular complexity index is 413. The molecule has 2 heterocycles. The number of rotatable bonds is 4. The van der Waals surface area contributed by atoms with E-state index in [2.05, 4.69) is 21.5 Å². The lowest BCUT2D eigenvalue weighted by atomic mass is 10.4. The average molecular weight is 225 g/mol. The van der Waals surface area contributed by atoms with E-state index in [1.54, 1.807) is 11.3 Å². The number of nitrogens with one attached hydrogen (secondary N) is 1. The van der Waals surface area contributed by atoms with Gasteiger partial charge in [0.05, 0.1) is 0 Å². The van der Waals surface area contributed by atoms with E-state index in [-0.39, 0.29) is 0 Å². The molecule has 74 valence electrons. The molecule has 0 radical (unpaired) electrons. The first-order chi connectivity index (χ1) is 6.90. The summed E-state index contributed by atoms with van der Waals surface area (Å²) < 4.78 is 0. The van der Waals surface area contributed by atoms with Crippen molar-refractivity contribution in [2.24, 2.45) is 0 Å². The summed E-state index contributed by atoms with van der Waals surface area (Å²) in [4.78, 5) is 9.67. The summed E-state index contributed by atoms with van der Waals surface area (Å²) in [5.74, 6) is 1.81. The lowest BCUT2D eigenvalue weighted by Gasteiger charge is -2.02. The molecule has 0 aliphatic carbocycles. The van der Waals surface area contributed by atoms with Gasteiger partial charge in [-0.2, -0.15) is 11.8 Å². The summed E-state index contributed by atoms with van der Waals surface area (Å²) in [5.41, 5.74) is 0. The van der Waals surface area contributed by atoms with Gasteiger partial charge in [0.25, 0.3) is 0 Å². The Hall–Kier alpha value is -0.810. The van der Waals surface area contributed by atoms with Gasteiger partial charge in [0.2, 0.25) is 5.95 Å². The molecule has 14 heavy (non-hydrogen) atoms. The summed E-state index contributed by atoms with van der Waals surface area (Å²) in [6.45, 7) is 0.915. The topological polar surface area (TPSA) is 37.8 Å². The normalized spacial score (nSPS) is 10.6. The van der Waals surface area contributed by atoms with E-state index in [1.807, 2.05) is 29.4 Å². The van der Waals surface area contributed by atoms with E-state index in [0.717, 1.165) is 28.5 Å². The quantitative estimate of drug-likeness (QED) is 0.811. The molecule has 2 aromatic heterocycles. The van der Waals surface area contributed by atoms with Gasteiger partial charge in [-0.05, 0) is 17.7 Å². The van der Waals surface area contributed by atoms with Gasteiger partial charge >= 0.3 is 0 Å². The average Bonchev–Trinajstić information content (AvgIpc) is 2.65. The highest BCUT2D eigenvalue weighted by atomic mass is 32.2. The van der Waals surface area contributed by atoms with Crippen LogP contribution in [-0.4, -0.2) is 28.5 Å². The van der Waals surface area contributed by atoms with Crippen LogP contribution in [0.2, 0.25) is 0 Å². The second kappa shape index (κ2) is 4.61. The molecule has 0 bridgehead atoms. The fourth-order valence-corrected chi connectivity index (χ4v) is 2.15. The van der Waals surface area contributed by atoms with Gasteiger partial charge in [-0.3, -0.25) is 0 Å².